The first kappa shape index (κ1) is 16.5. The maximum atomic E-state index is 9.35. The van der Waals surface area contributed by atoms with Crippen molar-refractivity contribution in [3.05, 3.63) is 0 Å². The van der Waals surface area contributed by atoms with Crippen LogP contribution in [0.15, 0.2) is 0 Å². The first-order chi connectivity index (χ1) is 7.31. The molecule has 0 aromatic carbocycles. The average Bonchev–Trinajstić information content (AvgIpc) is 2.19. The van der Waals surface area contributed by atoms with Crippen molar-refractivity contribution >= 4 is 25.9 Å². The predicted octanol–water partition coefficient (Wildman–Crippen LogP) is 1.46. The van der Waals surface area contributed by atoms with E-state index in [9.17, 15) is 5.11 Å². The van der Waals surface area contributed by atoms with E-state index in [0.29, 0.717) is 0 Å². The zero-order chi connectivity index (χ0) is 12.8. The van der Waals surface area contributed by atoms with E-state index >= 15 is 0 Å². The third kappa shape index (κ3) is 5.71. The molecule has 0 aliphatic rings. The molecule has 98 valence electrons. The van der Waals surface area contributed by atoms with Crippen molar-refractivity contribution in [2.45, 2.75) is 38.3 Å². The van der Waals surface area contributed by atoms with Crippen molar-refractivity contribution in [2.75, 3.05) is 20.4 Å². The second-order valence-corrected chi connectivity index (χ2v) is 15.4. The standard InChI is InChI=1S/C9H26O4Si3/c1-11-16(9-10,12-2)8-7-15(5,6)13-14(3)4/h10,14H,7-9H2,1-6H3. The molecule has 4 nitrogen and oxygen atoms in total. The topological polar surface area (TPSA) is 47.9 Å². The van der Waals surface area contributed by atoms with Crippen LogP contribution in [0.2, 0.25) is 38.3 Å². The number of rotatable bonds is 8. The van der Waals surface area contributed by atoms with Gasteiger partial charge in [0.15, 0.2) is 17.4 Å². The molecule has 1 N–H and O–H groups in total. The Morgan fingerprint density at radius 3 is 1.88 bits per heavy atom. The Kier molecular flexibility index (Phi) is 7.26. The maximum absolute atomic E-state index is 9.35. The molecule has 0 saturated heterocycles. The molecule has 0 rings (SSSR count). The Balaban J connectivity index is 4.29. The van der Waals surface area contributed by atoms with Gasteiger partial charge < -0.3 is 18.1 Å². The predicted molar refractivity (Wildman–Crippen MR) is 73.9 cm³/mol. The van der Waals surface area contributed by atoms with Crippen LogP contribution in [0.3, 0.4) is 0 Å². The molecular formula is C9H26O4Si3. The lowest BCUT2D eigenvalue weighted by molar-refractivity contribution is 0.198. The quantitative estimate of drug-likeness (QED) is 0.685. The minimum absolute atomic E-state index is 0.0174. The van der Waals surface area contributed by atoms with E-state index in [1.807, 2.05) is 0 Å². The van der Waals surface area contributed by atoms with Gasteiger partial charge in [0.25, 0.3) is 0 Å². The van der Waals surface area contributed by atoms with Gasteiger partial charge in [-0.05, 0) is 38.3 Å². The molecular weight excluding hydrogens is 256 g/mol. The lowest BCUT2D eigenvalue weighted by atomic mass is 10.9. The van der Waals surface area contributed by atoms with Gasteiger partial charge in [-0.3, -0.25) is 0 Å². The van der Waals surface area contributed by atoms with Crippen molar-refractivity contribution in [3.8, 4) is 0 Å². The van der Waals surface area contributed by atoms with Gasteiger partial charge in [0, 0.05) is 14.2 Å². The SMILES string of the molecule is CO[Si](CO)(CC[Si](C)(C)O[SiH](C)C)OC. The fourth-order valence-electron chi connectivity index (χ4n) is 1.68. The van der Waals surface area contributed by atoms with Gasteiger partial charge in [-0.25, -0.2) is 0 Å². The van der Waals surface area contributed by atoms with Crippen LogP contribution in [0.25, 0.3) is 0 Å². The minimum Gasteiger partial charge on any atom is -0.458 e. The Morgan fingerprint density at radius 1 is 1.06 bits per heavy atom. The van der Waals surface area contributed by atoms with Crippen LogP contribution in [0.1, 0.15) is 0 Å². The summed E-state index contributed by atoms with van der Waals surface area (Å²) in [5.74, 6) is 0. The van der Waals surface area contributed by atoms with Crippen LogP contribution in [0.5, 0.6) is 0 Å². The molecule has 0 bridgehead atoms. The van der Waals surface area contributed by atoms with Crippen LogP contribution < -0.4 is 0 Å². The molecule has 16 heavy (non-hydrogen) atoms. The Bertz CT molecular complexity index is 187. The fraction of sp³-hybridized carbons (Fsp3) is 1.00. The normalized spacial score (nSPS) is 13.5. The summed E-state index contributed by atoms with van der Waals surface area (Å²) in [7, 11) is -1.68. The van der Waals surface area contributed by atoms with Crippen molar-refractivity contribution in [3.63, 3.8) is 0 Å². The molecule has 0 aliphatic heterocycles. The summed E-state index contributed by atoms with van der Waals surface area (Å²) in [5, 5.41) is 9.35. The molecule has 0 fully saturated rings. The van der Waals surface area contributed by atoms with Crippen molar-refractivity contribution in [1.29, 1.82) is 0 Å². The second kappa shape index (κ2) is 7.04. The molecule has 0 aliphatic carbocycles. The van der Waals surface area contributed by atoms with Crippen LogP contribution in [-0.4, -0.2) is 51.5 Å². The summed E-state index contributed by atoms with van der Waals surface area (Å²) in [6, 6.07) is 1.81. The third-order valence-electron chi connectivity index (χ3n) is 2.65. The molecule has 0 radical (unpaired) electrons. The summed E-state index contributed by atoms with van der Waals surface area (Å²) < 4.78 is 16.8. The number of hydrogen-bond donors (Lipinski definition) is 1. The third-order valence-corrected chi connectivity index (χ3v) is 12.0. The highest BCUT2D eigenvalue weighted by atomic mass is 28.4. The lowest BCUT2D eigenvalue weighted by Crippen LogP contribution is -2.47. The highest BCUT2D eigenvalue weighted by Crippen LogP contribution is 2.22. The van der Waals surface area contributed by atoms with Crippen LogP contribution in [0, 0.1) is 0 Å². The Morgan fingerprint density at radius 2 is 1.56 bits per heavy atom. The van der Waals surface area contributed by atoms with Crippen molar-refractivity contribution in [2.24, 2.45) is 0 Å². The summed E-state index contributed by atoms with van der Waals surface area (Å²) >= 11 is 0. The number of hydrogen-bond acceptors (Lipinski definition) is 4. The summed E-state index contributed by atoms with van der Waals surface area (Å²) in [6.07, 6.45) is 0.0174. The zero-order valence-electron chi connectivity index (χ0n) is 11.4. The van der Waals surface area contributed by atoms with E-state index in [2.05, 4.69) is 26.2 Å². The molecule has 0 heterocycles. The van der Waals surface area contributed by atoms with Crippen LogP contribution >= 0.6 is 0 Å². The summed E-state index contributed by atoms with van der Waals surface area (Å²) in [5.41, 5.74) is 0. The molecule has 0 saturated carbocycles. The van der Waals surface area contributed by atoms with Crippen molar-refractivity contribution < 1.29 is 18.1 Å². The first-order valence-electron chi connectivity index (χ1n) is 5.70. The molecule has 0 amide bonds. The molecule has 0 atom stereocenters. The van der Waals surface area contributed by atoms with Gasteiger partial charge in [0.1, 0.15) is 0 Å². The highest BCUT2D eigenvalue weighted by molar-refractivity contribution is 6.79. The van der Waals surface area contributed by atoms with E-state index in [-0.39, 0.29) is 6.23 Å². The van der Waals surface area contributed by atoms with E-state index in [1.54, 1.807) is 14.2 Å². The monoisotopic (exact) mass is 282 g/mol. The Labute approximate surface area is 103 Å². The van der Waals surface area contributed by atoms with Gasteiger partial charge in [-0.1, -0.05) is 0 Å². The second-order valence-electron chi connectivity index (χ2n) is 4.90. The van der Waals surface area contributed by atoms with Gasteiger partial charge in [-0.15, -0.1) is 0 Å². The first-order valence-corrected chi connectivity index (χ1v) is 13.8. The lowest BCUT2D eigenvalue weighted by Gasteiger charge is -2.31. The molecule has 0 unspecified atom stereocenters. The van der Waals surface area contributed by atoms with E-state index in [4.69, 9.17) is 13.0 Å². The number of aliphatic hydroxyl groups is 1. The summed E-state index contributed by atoms with van der Waals surface area (Å²) in [6.45, 7) is 8.83. The molecule has 0 aromatic heterocycles. The van der Waals surface area contributed by atoms with Gasteiger partial charge >= 0.3 is 8.56 Å². The van der Waals surface area contributed by atoms with Crippen LogP contribution in [-0.2, 0) is 13.0 Å². The summed E-state index contributed by atoms with van der Waals surface area (Å²) in [4.78, 5) is 0. The van der Waals surface area contributed by atoms with Gasteiger partial charge in [0.2, 0.25) is 0 Å². The smallest absolute Gasteiger partial charge is 0.363 e. The van der Waals surface area contributed by atoms with E-state index in [0.717, 1.165) is 12.1 Å². The highest BCUT2D eigenvalue weighted by Gasteiger charge is 2.38. The fourth-order valence-corrected chi connectivity index (χ4v) is 12.2. The van der Waals surface area contributed by atoms with E-state index < -0.39 is 25.9 Å². The average molecular weight is 283 g/mol. The molecule has 0 spiro atoms. The molecule has 0 aromatic rings. The minimum atomic E-state index is -2.35. The zero-order valence-corrected chi connectivity index (χ0v) is 14.5. The van der Waals surface area contributed by atoms with Gasteiger partial charge in [0.05, 0.1) is 6.23 Å². The van der Waals surface area contributed by atoms with Crippen molar-refractivity contribution in [1.82, 2.24) is 0 Å². The Hall–Kier alpha value is 0.491. The largest absolute Gasteiger partial charge is 0.458 e. The maximum Gasteiger partial charge on any atom is 0.363 e. The molecule has 7 heteroatoms. The van der Waals surface area contributed by atoms with Crippen LogP contribution in [0.4, 0.5) is 0 Å². The van der Waals surface area contributed by atoms with E-state index in [1.165, 1.54) is 0 Å². The number of aliphatic hydroxyl groups excluding tert-OH is 1. The van der Waals surface area contributed by atoms with Gasteiger partial charge in [-0.2, -0.15) is 0 Å².